The van der Waals surface area contributed by atoms with E-state index in [1.165, 1.54) is 47.7 Å². The largest absolute Gasteiger partial charge is 0.480 e. The van der Waals surface area contributed by atoms with Crippen LogP contribution in [0.1, 0.15) is 21.5 Å². The minimum Gasteiger partial charge on any atom is -0.480 e. The molecule has 0 saturated carbocycles. The lowest BCUT2D eigenvalue weighted by molar-refractivity contribution is -0.137. The summed E-state index contributed by atoms with van der Waals surface area (Å²) < 4.78 is 44.1. The second kappa shape index (κ2) is 8.44. The van der Waals surface area contributed by atoms with Gasteiger partial charge in [-0.1, -0.05) is 17.8 Å². The van der Waals surface area contributed by atoms with Gasteiger partial charge in [-0.05, 0) is 30.5 Å². The van der Waals surface area contributed by atoms with Crippen molar-refractivity contribution < 1.29 is 22.7 Å². The zero-order valence-corrected chi connectivity index (χ0v) is 16.6. The molecule has 0 bridgehead atoms. The quantitative estimate of drug-likeness (QED) is 0.532. The van der Waals surface area contributed by atoms with Gasteiger partial charge >= 0.3 is 6.18 Å². The smallest absolute Gasteiger partial charge is 0.416 e. The number of ether oxygens (including phenoxy) is 1. The molecule has 1 aliphatic rings. The first-order valence-corrected chi connectivity index (χ1v) is 10.3. The SMILES string of the molecule is COc1nc(SC)ncc1/C=C1/SCCN1C(=O)c1cccc(C(F)(F)F)c1. The highest BCUT2D eigenvalue weighted by molar-refractivity contribution is 8.03. The van der Waals surface area contributed by atoms with E-state index in [9.17, 15) is 18.0 Å². The van der Waals surface area contributed by atoms with Gasteiger partial charge in [-0.25, -0.2) is 4.98 Å². The van der Waals surface area contributed by atoms with Crippen LogP contribution in [0.15, 0.2) is 40.6 Å². The number of hydrogen-bond donors (Lipinski definition) is 0. The van der Waals surface area contributed by atoms with Crippen LogP contribution < -0.4 is 4.74 Å². The van der Waals surface area contributed by atoms with Crippen molar-refractivity contribution in [2.24, 2.45) is 0 Å². The van der Waals surface area contributed by atoms with E-state index in [2.05, 4.69) is 9.97 Å². The molecule has 28 heavy (non-hydrogen) atoms. The van der Waals surface area contributed by atoms with Crippen molar-refractivity contribution in [1.82, 2.24) is 14.9 Å². The number of alkyl halides is 3. The van der Waals surface area contributed by atoms with Crippen molar-refractivity contribution in [3.8, 4) is 5.88 Å². The molecule has 1 amide bonds. The number of hydrogen-bond acceptors (Lipinski definition) is 6. The second-order valence-corrected chi connectivity index (χ2v) is 7.58. The summed E-state index contributed by atoms with van der Waals surface area (Å²) in [6, 6.07) is 4.44. The van der Waals surface area contributed by atoms with Crippen molar-refractivity contribution in [2.75, 3.05) is 25.7 Å². The lowest BCUT2D eigenvalue weighted by atomic mass is 10.1. The van der Waals surface area contributed by atoms with E-state index in [0.29, 0.717) is 33.9 Å². The normalized spacial score (nSPS) is 15.9. The summed E-state index contributed by atoms with van der Waals surface area (Å²) in [5.41, 5.74) is -0.269. The Morgan fingerprint density at radius 2 is 2.18 bits per heavy atom. The molecule has 10 heteroatoms. The van der Waals surface area contributed by atoms with Gasteiger partial charge in [0.2, 0.25) is 5.88 Å². The summed E-state index contributed by atoms with van der Waals surface area (Å²) in [7, 11) is 1.49. The van der Waals surface area contributed by atoms with Gasteiger partial charge < -0.3 is 9.64 Å². The Kier molecular flexibility index (Phi) is 6.19. The van der Waals surface area contributed by atoms with Crippen molar-refractivity contribution in [2.45, 2.75) is 11.3 Å². The Hall–Kier alpha value is -2.20. The maximum Gasteiger partial charge on any atom is 0.416 e. The number of benzene rings is 1. The van der Waals surface area contributed by atoms with Crippen LogP contribution in [0.2, 0.25) is 0 Å². The molecule has 0 aliphatic carbocycles. The minimum atomic E-state index is -4.50. The number of thioether (sulfide) groups is 2. The van der Waals surface area contributed by atoms with Crippen LogP contribution in [-0.2, 0) is 6.18 Å². The van der Waals surface area contributed by atoms with Crippen molar-refractivity contribution in [3.63, 3.8) is 0 Å². The molecular weight excluding hydrogens is 411 g/mol. The molecule has 5 nitrogen and oxygen atoms in total. The van der Waals surface area contributed by atoms with Crippen molar-refractivity contribution in [3.05, 3.63) is 52.2 Å². The molecule has 1 fully saturated rings. The van der Waals surface area contributed by atoms with Crippen LogP contribution in [-0.4, -0.2) is 46.4 Å². The maximum absolute atomic E-state index is 12.9. The Morgan fingerprint density at radius 1 is 1.39 bits per heavy atom. The molecule has 1 aromatic heterocycles. The third kappa shape index (κ3) is 4.44. The predicted molar refractivity (Wildman–Crippen MR) is 103 cm³/mol. The monoisotopic (exact) mass is 427 g/mol. The van der Waals surface area contributed by atoms with Gasteiger partial charge in [-0.2, -0.15) is 18.2 Å². The Morgan fingerprint density at radius 3 is 2.86 bits per heavy atom. The molecule has 1 aromatic carbocycles. The van der Waals surface area contributed by atoms with Gasteiger partial charge in [0, 0.05) is 24.1 Å². The average molecular weight is 427 g/mol. The highest BCUT2D eigenvalue weighted by Gasteiger charge is 2.32. The number of carbonyl (C=O) groups excluding carboxylic acids is 1. The van der Waals surface area contributed by atoms with E-state index >= 15 is 0 Å². The first kappa shape index (κ1) is 20.5. The average Bonchev–Trinajstić information content (AvgIpc) is 3.15. The molecule has 0 unspecified atom stereocenters. The number of aromatic nitrogens is 2. The summed E-state index contributed by atoms with van der Waals surface area (Å²) in [5, 5.41) is 1.16. The number of carbonyl (C=O) groups is 1. The van der Waals surface area contributed by atoms with Gasteiger partial charge in [0.25, 0.3) is 5.91 Å². The van der Waals surface area contributed by atoms with Crippen LogP contribution in [0.4, 0.5) is 13.2 Å². The van der Waals surface area contributed by atoms with Crippen LogP contribution in [0.25, 0.3) is 6.08 Å². The molecule has 3 rings (SSSR count). The van der Waals surface area contributed by atoms with Gasteiger partial charge in [0.05, 0.1) is 23.3 Å². The molecule has 0 N–H and O–H groups in total. The molecule has 2 aromatic rings. The van der Waals surface area contributed by atoms with Crippen LogP contribution in [0.3, 0.4) is 0 Å². The van der Waals surface area contributed by atoms with Gasteiger partial charge in [0.1, 0.15) is 0 Å². The first-order chi connectivity index (χ1) is 13.3. The summed E-state index contributed by atoms with van der Waals surface area (Å²) in [6.07, 6.45) is 0.649. The highest BCUT2D eigenvalue weighted by atomic mass is 32.2. The number of methoxy groups -OCH3 is 1. The molecule has 2 heterocycles. The van der Waals surface area contributed by atoms with E-state index in [0.717, 1.165) is 12.1 Å². The molecule has 1 saturated heterocycles. The molecule has 0 spiro atoms. The van der Waals surface area contributed by atoms with Gasteiger partial charge in [-0.15, -0.1) is 11.8 Å². The van der Waals surface area contributed by atoms with E-state index in [-0.39, 0.29) is 5.56 Å². The van der Waals surface area contributed by atoms with Crippen molar-refractivity contribution >= 4 is 35.5 Å². The molecule has 0 radical (unpaired) electrons. The van der Waals surface area contributed by atoms with Crippen molar-refractivity contribution in [1.29, 1.82) is 0 Å². The first-order valence-electron chi connectivity index (χ1n) is 8.12. The zero-order chi connectivity index (χ0) is 20.3. The highest BCUT2D eigenvalue weighted by Crippen LogP contribution is 2.34. The standard InChI is InChI=1S/C18H16F3N3O2S2/c1-26-15-12(10-22-17(23-15)27-2)9-14-24(6-7-28-14)16(25)11-4-3-5-13(8-11)18(19,20)21/h3-5,8-10H,6-7H2,1-2H3/b14-9+. The minimum absolute atomic E-state index is 0.0100. The third-order valence-corrected chi connectivity index (χ3v) is 5.51. The lowest BCUT2D eigenvalue weighted by Crippen LogP contribution is -2.27. The van der Waals surface area contributed by atoms with E-state index in [1.807, 2.05) is 6.26 Å². The summed E-state index contributed by atoms with van der Waals surface area (Å²) in [4.78, 5) is 22.8. The lowest BCUT2D eigenvalue weighted by Gasteiger charge is -2.18. The Balaban J connectivity index is 1.91. The summed E-state index contributed by atoms with van der Waals surface area (Å²) in [6.45, 7) is 0.400. The third-order valence-electron chi connectivity index (χ3n) is 3.93. The maximum atomic E-state index is 12.9. The summed E-state index contributed by atoms with van der Waals surface area (Å²) in [5.74, 6) is 0.525. The van der Waals surface area contributed by atoms with E-state index in [1.54, 1.807) is 12.3 Å². The Labute approximate surface area is 168 Å². The van der Waals surface area contributed by atoms with E-state index < -0.39 is 17.6 Å². The number of nitrogens with zero attached hydrogens (tertiary/aromatic N) is 3. The Bertz CT molecular complexity index is 919. The van der Waals surface area contributed by atoms with Crippen LogP contribution in [0.5, 0.6) is 5.88 Å². The fourth-order valence-electron chi connectivity index (χ4n) is 2.59. The molecule has 1 aliphatic heterocycles. The fourth-order valence-corrected chi connectivity index (χ4v) is 3.95. The van der Waals surface area contributed by atoms with Gasteiger partial charge in [-0.3, -0.25) is 4.79 Å². The molecule has 0 atom stereocenters. The summed E-state index contributed by atoms with van der Waals surface area (Å²) >= 11 is 2.81. The molecule has 148 valence electrons. The van der Waals surface area contributed by atoms with Gasteiger partial charge in [0.15, 0.2) is 5.16 Å². The molecular formula is C18H16F3N3O2S2. The number of amides is 1. The van der Waals surface area contributed by atoms with E-state index in [4.69, 9.17) is 4.74 Å². The fraction of sp³-hybridized carbons (Fsp3) is 0.278. The predicted octanol–water partition coefficient (Wildman–Crippen LogP) is 4.41. The topological polar surface area (TPSA) is 55.3 Å². The second-order valence-electron chi connectivity index (χ2n) is 5.69. The number of rotatable bonds is 4. The zero-order valence-electron chi connectivity index (χ0n) is 15.0. The van der Waals surface area contributed by atoms with Crippen LogP contribution in [0, 0.1) is 0 Å². The van der Waals surface area contributed by atoms with Crippen LogP contribution >= 0.6 is 23.5 Å². The number of halogens is 3.